The number of aromatic nitrogens is 2. The van der Waals surface area contributed by atoms with Crippen LogP contribution >= 0.6 is 11.6 Å². The largest absolute Gasteiger partial charge is 0.459 e. The molecule has 0 saturated heterocycles. The van der Waals surface area contributed by atoms with Crippen LogP contribution in [0, 0.1) is 0 Å². The molecule has 1 fully saturated rings. The number of nitrogens with zero attached hydrogens (tertiary/aromatic N) is 3. The highest BCUT2D eigenvalue weighted by Gasteiger charge is 2.64. The van der Waals surface area contributed by atoms with Crippen LogP contribution in [0.4, 0.5) is 40.8 Å². The number of alkyl halides is 8. The Morgan fingerprint density at radius 2 is 1.80 bits per heavy atom. The Labute approximate surface area is 197 Å². The van der Waals surface area contributed by atoms with Crippen molar-refractivity contribution in [2.75, 3.05) is 5.01 Å². The number of halogens is 9. The molecule has 0 aliphatic heterocycles. The zero-order chi connectivity index (χ0) is 26.5. The number of aryl methyl sites for hydroxylation is 1. The van der Waals surface area contributed by atoms with Crippen LogP contribution in [0.5, 0.6) is 0 Å². The molecule has 0 unspecified atom stereocenters. The Bertz CT molecular complexity index is 1170. The zero-order valence-corrected chi connectivity index (χ0v) is 18.4. The number of nitrogens with one attached hydrogen (secondary N) is 1. The fourth-order valence-electron chi connectivity index (χ4n) is 3.10. The zero-order valence-electron chi connectivity index (χ0n) is 17.6. The first-order valence-electron chi connectivity index (χ1n) is 9.66. The number of nitrogens with two attached hydrogens (primary N) is 2. The van der Waals surface area contributed by atoms with E-state index in [4.69, 9.17) is 23.2 Å². The lowest BCUT2D eigenvalue weighted by atomic mass is 10.1. The van der Waals surface area contributed by atoms with Crippen LogP contribution in [0.25, 0.3) is 5.70 Å². The van der Waals surface area contributed by atoms with Crippen molar-refractivity contribution in [2.24, 2.45) is 18.6 Å². The van der Waals surface area contributed by atoms with Gasteiger partial charge in [-0.3, -0.25) is 14.5 Å². The molecule has 1 saturated carbocycles. The van der Waals surface area contributed by atoms with Gasteiger partial charge in [0.15, 0.2) is 5.69 Å². The Morgan fingerprint density at radius 1 is 1.20 bits per heavy atom. The predicted molar refractivity (Wildman–Crippen MR) is 109 cm³/mol. The highest BCUT2D eigenvalue weighted by atomic mass is 35.5. The van der Waals surface area contributed by atoms with Crippen LogP contribution in [-0.2, 0) is 19.1 Å². The van der Waals surface area contributed by atoms with Crippen LogP contribution < -0.4 is 21.9 Å². The molecule has 1 amide bonds. The van der Waals surface area contributed by atoms with Gasteiger partial charge >= 0.3 is 18.3 Å². The van der Waals surface area contributed by atoms with Gasteiger partial charge in [-0.25, -0.2) is 5.84 Å². The summed E-state index contributed by atoms with van der Waals surface area (Å²) in [4.78, 5) is 12.3. The number of hydrogen-bond acceptors (Lipinski definition) is 5. The molecular formula is C19H17ClF8N6O. The lowest BCUT2D eigenvalue weighted by Gasteiger charge is -2.20. The predicted octanol–water partition coefficient (Wildman–Crippen LogP) is 4.28. The van der Waals surface area contributed by atoms with E-state index in [0.717, 1.165) is 12.8 Å². The molecule has 7 nitrogen and oxygen atoms in total. The number of hydrazine groups is 1. The van der Waals surface area contributed by atoms with Crippen LogP contribution in [0.15, 0.2) is 24.4 Å². The number of hydrogen-bond donors (Lipinski definition) is 3. The summed E-state index contributed by atoms with van der Waals surface area (Å²) >= 11 is 6.02. The Balaban J connectivity index is 2.04. The summed E-state index contributed by atoms with van der Waals surface area (Å²) < 4.78 is 107. The molecule has 16 heteroatoms. The second-order valence-corrected chi connectivity index (χ2v) is 8.08. The van der Waals surface area contributed by atoms with Gasteiger partial charge in [0.1, 0.15) is 5.56 Å². The quantitative estimate of drug-likeness (QED) is 0.293. The third kappa shape index (κ3) is 5.29. The van der Waals surface area contributed by atoms with E-state index in [9.17, 15) is 39.9 Å². The molecule has 1 aliphatic rings. The average molecular weight is 533 g/mol. The van der Waals surface area contributed by atoms with Gasteiger partial charge in [0.05, 0.1) is 27.7 Å². The molecule has 192 valence electrons. The smallest absolute Gasteiger partial charge is 0.396 e. The van der Waals surface area contributed by atoms with E-state index in [-0.39, 0.29) is 27.0 Å². The first-order chi connectivity index (χ1) is 15.9. The maximum atomic E-state index is 13.8. The van der Waals surface area contributed by atoms with Gasteiger partial charge in [0.2, 0.25) is 0 Å². The summed E-state index contributed by atoms with van der Waals surface area (Å²) in [5.74, 6) is -0.653. The molecule has 3 rings (SSSR count). The summed E-state index contributed by atoms with van der Waals surface area (Å²) in [6.45, 7) is 0. The van der Waals surface area contributed by atoms with E-state index >= 15 is 0 Å². The maximum Gasteiger partial charge on any atom is 0.459 e. The van der Waals surface area contributed by atoms with Crippen LogP contribution in [-0.4, -0.2) is 27.9 Å². The number of amides is 1. The monoisotopic (exact) mass is 532 g/mol. The van der Waals surface area contributed by atoms with Crippen molar-refractivity contribution in [1.82, 2.24) is 15.1 Å². The van der Waals surface area contributed by atoms with E-state index in [2.05, 4.69) is 10.4 Å². The van der Waals surface area contributed by atoms with Crippen LogP contribution in [0.1, 0.15) is 40.2 Å². The van der Waals surface area contributed by atoms with Crippen molar-refractivity contribution in [1.29, 1.82) is 0 Å². The molecule has 1 aromatic heterocycles. The van der Waals surface area contributed by atoms with Crippen molar-refractivity contribution in [3.05, 3.63) is 51.9 Å². The number of anilines is 1. The minimum atomic E-state index is -6.35. The van der Waals surface area contributed by atoms with Crippen molar-refractivity contribution in [3.63, 3.8) is 0 Å². The van der Waals surface area contributed by atoms with Crippen molar-refractivity contribution >= 4 is 28.9 Å². The third-order valence-corrected chi connectivity index (χ3v) is 5.27. The number of carbonyl (C=O) groups excluding carboxylic acids is 1. The molecule has 0 radical (unpaired) electrons. The first-order valence-corrected chi connectivity index (χ1v) is 10.0. The molecule has 1 heterocycles. The van der Waals surface area contributed by atoms with E-state index in [0.29, 0.717) is 18.3 Å². The molecule has 1 aromatic carbocycles. The Kier molecular flexibility index (Phi) is 6.71. The van der Waals surface area contributed by atoms with Gasteiger partial charge in [-0.2, -0.15) is 40.2 Å². The number of carbonyl (C=O) groups is 1. The van der Waals surface area contributed by atoms with Gasteiger partial charge in [0, 0.05) is 19.3 Å². The first kappa shape index (κ1) is 26.5. The Morgan fingerprint density at radius 3 is 2.31 bits per heavy atom. The summed E-state index contributed by atoms with van der Waals surface area (Å²) in [6.07, 6.45) is -9.81. The third-order valence-electron chi connectivity index (χ3n) is 4.94. The summed E-state index contributed by atoms with van der Waals surface area (Å²) in [5, 5.41) is 6.15. The SMILES string of the molecule is Cn1nc(C(F)(F)C(F)(F)F)c(C(F)(F)F)c1/C(N)=C/N(N)c1ccc(Cl)c(C(=O)NC2CC2)c1. The molecule has 0 spiro atoms. The van der Waals surface area contributed by atoms with Crippen LogP contribution in [0.3, 0.4) is 0 Å². The standard InChI is InChI=1S/C19H17ClF8N6O/c1-33-14(13(18(23,24)25)15(32-33)17(21,22)19(26,27)28)12(29)7-34(30)9-4-5-11(20)10(6-9)16(35)31-8-2-3-8/h4-8H,2-3,29-30H2,1H3,(H,31,35)/b12-7-. The second kappa shape index (κ2) is 8.86. The van der Waals surface area contributed by atoms with Gasteiger partial charge in [-0.1, -0.05) is 11.6 Å². The van der Waals surface area contributed by atoms with Gasteiger partial charge in [-0.05, 0) is 31.0 Å². The lowest BCUT2D eigenvalue weighted by molar-refractivity contribution is -0.292. The van der Waals surface area contributed by atoms with Gasteiger partial charge in [0.25, 0.3) is 5.91 Å². The molecular weight excluding hydrogens is 516 g/mol. The summed E-state index contributed by atoms with van der Waals surface area (Å²) in [7, 11) is 0.713. The normalized spacial score (nSPS) is 15.3. The van der Waals surface area contributed by atoms with Crippen molar-refractivity contribution in [2.45, 2.75) is 37.2 Å². The fourth-order valence-corrected chi connectivity index (χ4v) is 3.31. The van der Waals surface area contributed by atoms with E-state index in [1.165, 1.54) is 18.2 Å². The van der Waals surface area contributed by atoms with Crippen molar-refractivity contribution in [3.8, 4) is 0 Å². The molecule has 1 aliphatic carbocycles. The summed E-state index contributed by atoms with van der Waals surface area (Å²) in [6, 6.07) is 3.73. The van der Waals surface area contributed by atoms with E-state index in [1.54, 1.807) is 0 Å². The summed E-state index contributed by atoms with van der Waals surface area (Å²) in [5.41, 5.74) is -1.50. The highest BCUT2D eigenvalue weighted by molar-refractivity contribution is 6.34. The van der Waals surface area contributed by atoms with Gasteiger partial charge < -0.3 is 11.1 Å². The van der Waals surface area contributed by atoms with Gasteiger partial charge in [-0.15, -0.1) is 0 Å². The topological polar surface area (TPSA) is 102 Å². The van der Waals surface area contributed by atoms with E-state index < -0.39 is 46.8 Å². The lowest BCUT2D eigenvalue weighted by Crippen LogP contribution is -2.36. The number of rotatable bonds is 6. The minimum Gasteiger partial charge on any atom is -0.396 e. The minimum absolute atomic E-state index is 0.00475. The molecule has 2 aromatic rings. The fraction of sp³-hybridized carbons (Fsp3) is 0.368. The molecule has 0 bridgehead atoms. The molecule has 5 N–H and O–H groups in total. The number of benzene rings is 1. The second-order valence-electron chi connectivity index (χ2n) is 7.67. The van der Waals surface area contributed by atoms with E-state index in [1.807, 2.05) is 0 Å². The average Bonchev–Trinajstić information content (AvgIpc) is 3.44. The highest BCUT2D eigenvalue weighted by Crippen LogP contribution is 2.49. The maximum absolute atomic E-state index is 13.8. The molecule has 0 atom stereocenters. The van der Waals surface area contributed by atoms with Crippen molar-refractivity contribution < 1.29 is 39.9 Å². The van der Waals surface area contributed by atoms with Crippen LogP contribution in [0.2, 0.25) is 5.02 Å². The Hall–Kier alpha value is -3.07. The molecule has 35 heavy (non-hydrogen) atoms.